The standard InChI is InChI=1S/C17H14N2O4S/c1-24(23)11-15-16(17(20)12-7-3-2-4-8-12)19(22)14-10-6-5-9-13(14)18(15)21/h2-10H,11H2,1H3. The Labute approximate surface area is 141 Å². The predicted octanol–water partition coefficient (Wildman–Crippen LogP) is 1.22. The summed E-state index contributed by atoms with van der Waals surface area (Å²) >= 11 is -1.39. The van der Waals surface area contributed by atoms with Crippen molar-refractivity contribution in [2.45, 2.75) is 5.75 Å². The summed E-state index contributed by atoms with van der Waals surface area (Å²) in [4.78, 5) is 12.8. The van der Waals surface area contributed by atoms with Gasteiger partial charge in [-0.25, -0.2) is 0 Å². The van der Waals surface area contributed by atoms with Gasteiger partial charge in [0.1, 0.15) is 0 Å². The molecule has 3 aromatic rings. The van der Waals surface area contributed by atoms with Crippen molar-refractivity contribution in [1.29, 1.82) is 0 Å². The number of benzene rings is 2. The van der Waals surface area contributed by atoms with Gasteiger partial charge in [-0.1, -0.05) is 42.5 Å². The van der Waals surface area contributed by atoms with Crippen molar-refractivity contribution in [1.82, 2.24) is 0 Å². The molecule has 3 rings (SSSR count). The number of hydrogen-bond donors (Lipinski definition) is 0. The smallest absolute Gasteiger partial charge is 0.339 e. The van der Waals surface area contributed by atoms with E-state index < -0.39 is 17.0 Å². The monoisotopic (exact) mass is 342 g/mol. The number of ketones is 1. The second kappa shape index (κ2) is 6.46. The van der Waals surface area contributed by atoms with Gasteiger partial charge in [-0.05, 0) is 11.2 Å². The van der Waals surface area contributed by atoms with Gasteiger partial charge in [0.2, 0.25) is 0 Å². The molecular formula is C17H14N2O4S. The van der Waals surface area contributed by atoms with E-state index in [0.717, 1.165) is 0 Å². The first kappa shape index (κ1) is 16.2. The van der Waals surface area contributed by atoms with E-state index in [2.05, 4.69) is 0 Å². The van der Waals surface area contributed by atoms with Crippen LogP contribution in [0.2, 0.25) is 0 Å². The van der Waals surface area contributed by atoms with E-state index in [-0.39, 0.29) is 28.2 Å². The maximum absolute atomic E-state index is 12.8. The van der Waals surface area contributed by atoms with Crippen molar-refractivity contribution >= 4 is 28.0 Å². The Hall–Kier alpha value is -2.64. The Kier molecular flexibility index (Phi) is 4.37. The normalized spacial score (nSPS) is 12.2. The molecule has 0 fully saturated rings. The first-order chi connectivity index (χ1) is 11.5. The molecule has 1 atom stereocenters. The first-order valence-corrected chi connectivity index (χ1v) is 8.90. The van der Waals surface area contributed by atoms with E-state index in [1.165, 1.54) is 18.4 Å². The van der Waals surface area contributed by atoms with Gasteiger partial charge in [-0.3, -0.25) is 4.79 Å². The highest BCUT2D eigenvalue weighted by Crippen LogP contribution is 2.15. The molecule has 0 amide bonds. The van der Waals surface area contributed by atoms with Gasteiger partial charge < -0.3 is 15.0 Å². The molecule has 0 N–H and O–H groups in total. The summed E-state index contributed by atoms with van der Waals surface area (Å²) in [5.41, 5.74) is 0.152. The Morgan fingerprint density at radius 2 is 1.50 bits per heavy atom. The fourth-order valence-electron chi connectivity index (χ4n) is 2.56. The van der Waals surface area contributed by atoms with Crippen molar-refractivity contribution < 1.29 is 18.8 Å². The van der Waals surface area contributed by atoms with E-state index in [9.17, 15) is 19.8 Å². The van der Waals surface area contributed by atoms with Gasteiger partial charge >= 0.3 is 11.4 Å². The van der Waals surface area contributed by atoms with Crippen LogP contribution < -0.4 is 9.46 Å². The van der Waals surface area contributed by atoms with E-state index in [1.54, 1.807) is 42.5 Å². The molecule has 0 aliphatic heterocycles. The summed E-state index contributed by atoms with van der Waals surface area (Å²) in [6.07, 6.45) is 1.42. The lowest BCUT2D eigenvalue weighted by molar-refractivity contribution is -0.635. The minimum atomic E-state index is -1.39. The number of nitrogens with zero attached hydrogens (tertiary/aromatic N) is 2. The average Bonchev–Trinajstić information content (AvgIpc) is 2.59. The van der Waals surface area contributed by atoms with Crippen molar-refractivity contribution in [3.05, 3.63) is 82.0 Å². The third-order valence-corrected chi connectivity index (χ3v) is 4.31. The molecule has 0 aliphatic rings. The van der Waals surface area contributed by atoms with Crippen molar-refractivity contribution in [2.24, 2.45) is 0 Å². The molecule has 0 saturated heterocycles. The number of carbonyl (C=O) groups excluding carboxylic acids is 1. The highest BCUT2D eigenvalue weighted by molar-refractivity contribution is 7.89. The van der Waals surface area contributed by atoms with E-state index >= 15 is 0 Å². The van der Waals surface area contributed by atoms with Crippen LogP contribution >= 0.6 is 0 Å². The number of rotatable bonds is 4. The summed E-state index contributed by atoms with van der Waals surface area (Å²) in [6.45, 7) is 0. The largest absolute Gasteiger partial charge is 0.618 e. The second-order valence-electron chi connectivity index (χ2n) is 5.29. The van der Waals surface area contributed by atoms with Crippen LogP contribution in [0.1, 0.15) is 21.7 Å². The molecule has 1 heterocycles. The SMILES string of the molecule is C[S+]([O-])Cc1c(C(=O)c2ccccc2)[n+]([O-])c2ccccc2[n+]1[O-]. The highest BCUT2D eigenvalue weighted by Gasteiger charge is 2.35. The van der Waals surface area contributed by atoms with Gasteiger partial charge in [0, 0.05) is 17.7 Å². The summed E-state index contributed by atoms with van der Waals surface area (Å²) < 4.78 is 12.6. The number of aromatic nitrogens is 2. The van der Waals surface area contributed by atoms with Gasteiger partial charge in [-0.15, -0.1) is 0 Å². The minimum absolute atomic E-state index is 0.0848. The molecular weight excluding hydrogens is 328 g/mol. The van der Waals surface area contributed by atoms with Gasteiger partial charge in [0.15, 0.2) is 5.75 Å². The van der Waals surface area contributed by atoms with Crippen molar-refractivity contribution in [2.75, 3.05) is 6.26 Å². The first-order valence-electron chi connectivity index (χ1n) is 7.17. The summed E-state index contributed by atoms with van der Waals surface area (Å²) in [5, 5.41) is 25.4. The zero-order chi connectivity index (χ0) is 17.3. The van der Waals surface area contributed by atoms with Crippen molar-refractivity contribution in [3.63, 3.8) is 0 Å². The fraction of sp³-hybridized carbons (Fsp3) is 0.118. The van der Waals surface area contributed by atoms with Crippen LogP contribution in [0.15, 0.2) is 54.6 Å². The quantitative estimate of drug-likeness (QED) is 0.308. The van der Waals surface area contributed by atoms with Gasteiger partial charge in [-0.2, -0.15) is 9.46 Å². The molecule has 0 spiro atoms. The summed E-state index contributed by atoms with van der Waals surface area (Å²) in [7, 11) is 0. The molecule has 1 aromatic heterocycles. The number of fused-ring (bicyclic) bond motifs is 1. The third-order valence-electron chi connectivity index (χ3n) is 3.63. The van der Waals surface area contributed by atoms with Crippen LogP contribution in [0, 0.1) is 10.4 Å². The van der Waals surface area contributed by atoms with E-state index in [0.29, 0.717) is 15.0 Å². The number of hydrogen-bond acceptors (Lipinski definition) is 4. The lowest BCUT2D eigenvalue weighted by Crippen LogP contribution is -2.48. The van der Waals surface area contributed by atoms with Crippen LogP contribution in [0.5, 0.6) is 0 Å². The number of para-hydroxylation sites is 2. The molecule has 6 nitrogen and oxygen atoms in total. The van der Waals surface area contributed by atoms with Crippen LogP contribution in [-0.2, 0) is 16.9 Å². The molecule has 0 radical (unpaired) electrons. The van der Waals surface area contributed by atoms with Crippen LogP contribution in [-0.4, -0.2) is 16.6 Å². The Morgan fingerprint density at radius 1 is 0.958 bits per heavy atom. The maximum atomic E-state index is 12.8. The minimum Gasteiger partial charge on any atom is -0.618 e. The molecule has 0 saturated carbocycles. The molecule has 1 unspecified atom stereocenters. The zero-order valence-electron chi connectivity index (χ0n) is 12.8. The predicted molar refractivity (Wildman–Crippen MR) is 89.5 cm³/mol. The van der Waals surface area contributed by atoms with Crippen molar-refractivity contribution in [3.8, 4) is 0 Å². The molecule has 2 aromatic carbocycles. The van der Waals surface area contributed by atoms with Crippen LogP contribution in [0.4, 0.5) is 0 Å². The molecule has 0 aliphatic carbocycles. The molecule has 7 heteroatoms. The number of carbonyl (C=O) groups is 1. The Morgan fingerprint density at radius 3 is 2.08 bits per heavy atom. The maximum Gasteiger partial charge on any atom is 0.339 e. The highest BCUT2D eigenvalue weighted by atomic mass is 32.2. The molecule has 122 valence electrons. The fourth-order valence-corrected chi connectivity index (χ4v) is 3.19. The van der Waals surface area contributed by atoms with E-state index in [1.807, 2.05) is 0 Å². The Balaban J connectivity index is 2.32. The lowest BCUT2D eigenvalue weighted by atomic mass is 10.1. The average molecular weight is 342 g/mol. The molecule has 24 heavy (non-hydrogen) atoms. The second-order valence-corrected chi connectivity index (χ2v) is 6.72. The topological polar surface area (TPSA) is 94.0 Å². The van der Waals surface area contributed by atoms with Gasteiger partial charge in [0.25, 0.3) is 16.8 Å². The van der Waals surface area contributed by atoms with Crippen LogP contribution in [0.3, 0.4) is 0 Å². The summed E-state index contributed by atoms with van der Waals surface area (Å²) in [5.74, 6) is -0.744. The lowest BCUT2D eigenvalue weighted by Gasteiger charge is -2.13. The Bertz CT molecular complexity index is 913. The third kappa shape index (κ3) is 2.79. The zero-order valence-corrected chi connectivity index (χ0v) is 13.7. The van der Waals surface area contributed by atoms with Crippen LogP contribution in [0.25, 0.3) is 11.0 Å². The van der Waals surface area contributed by atoms with E-state index in [4.69, 9.17) is 0 Å². The molecule has 0 bridgehead atoms. The van der Waals surface area contributed by atoms with Gasteiger partial charge in [0.05, 0.1) is 6.26 Å². The summed E-state index contributed by atoms with van der Waals surface area (Å²) in [6, 6.07) is 14.4.